The number of aryl methyl sites for hydroxylation is 2. The molecular weight excluding hydrogens is 368 g/mol. The van der Waals surface area contributed by atoms with Crippen LogP contribution in [0, 0.1) is 13.8 Å². The van der Waals surface area contributed by atoms with Gasteiger partial charge in [-0.05, 0) is 51.0 Å². The van der Waals surface area contributed by atoms with Crippen LogP contribution in [0.25, 0.3) is 0 Å². The summed E-state index contributed by atoms with van der Waals surface area (Å²) in [5.41, 5.74) is 4.51. The monoisotopic (exact) mass is 392 g/mol. The fraction of sp³-hybridized carbons (Fsp3) is 0.273. The lowest BCUT2D eigenvalue weighted by Crippen LogP contribution is -2.49. The van der Waals surface area contributed by atoms with Gasteiger partial charge in [-0.25, -0.2) is 4.79 Å². The lowest BCUT2D eigenvalue weighted by atomic mass is 10.0. The number of urea groups is 1. The molecule has 2 aromatic rings. The Hall–Kier alpha value is -3.48. The average molecular weight is 392 g/mol. The largest absolute Gasteiger partial charge is 0.321 e. The average Bonchev–Trinajstić information content (AvgIpc) is 2.73. The van der Waals surface area contributed by atoms with Gasteiger partial charge in [-0.15, -0.1) is 0 Å². The molecule has 1 heterocycles. The number of hydrogen-bond acceptors (Lipinski definition) is 4. The van der Waals surface area contributed by atoms with E-state index in [2.05, 4.69) is 15.6 Å². The van der Waals surface area contributed by atoms with Gasteiger partial charge in [0, 0.05) is 17.0 Å². The maximum absolute atomic E-state index is 13.2. The number of Topliss-reactive ketones (excluding diaryl/α,β-unsaturated/α-hetero) is 1. The molecule has 3 amide bonds. The van der Waals surface area contributed by atoms with Crippen LogP contribution in [0.3, 0.4) is 0 Å². The Bertz CT molecular complexity index is 1010. The summed E-state index contributed by atoms with van der Waals surface area (Å²) < 4.78 is 0. The highest BCUT2D eigenvalue weighted by atomic mass is 16.2. The molecule has 150 valence electrons. The second kappa shape index (κ2) is 8.26. The molecule has 0 saturated heterocycles. The maximum Gasteiger partial charge on any atom is 0.321 e. The van der Waals surface area contributed by atoms with Gasteiger partial charge >= 0.3 is 6.03 Å². The lowest BCUT2D eigenvalue weighted by molar-refractivity contribution is -0.123. The van der Waals surface area contributed by atoms with Gasteiger partial charge in [-0.1, -0.05) is 30.3 Å². The molecule has 1 aliphatic rings. The molecule has 0 fully saturated rings. The first kappa shape index (κ1) is 20.3. The molecule has 2 aromatic carbocycles. The Morgan fingerprint density at radius 2 is 1.83 bits per heavy atom. The molecule has 1 unspecified atom stereocenters. The van der Waals surface area contributed by atoms with Gasteiger partial charge < -0.3 is 15.5 Å². The molecule has 0 spiro atoms. The Kier molecular flexibility index (Phi) is 5.77. The van der Waals surface area contributed by atoms with Gasteiger partial charge in [-0.3, -0.25) is 14.6 Å². The molecule has 0 aromatic heterocycles. The predicted octanol–water partition coefficient (Wildman–Crippen LogP) is 3.20. The number of ketones is 1. The van der Waals surface area contributed by atoms with Crippen molar-refractivity contribution in [2.24, 2.45) is 4.99 Å². The summed E-state index contributed by atoms with van der Waals surface area (Å²) in [7, 11) is 0. The number of nitrogens with one attached hydrogen (secondary N) is 2. The molecule has 0 radical (unpaired) electrons. The van der Waals surface area contributed by atoms with Crippen LogP contribution in [0.1, 0.15) is 30.5 Å². The summed E-state index contributed by atoms with van der Waals surface area (Å²) >= 11 is 0. The normalized spacial score (nSPS) is 15.9. The van der Waals surface area contributed by atoms with Gasteiger partial charge in [0.05, 0.1) is 12.2 Å². The van der Waals surface area contributed by atoms with Crippen molar-refractivity contribution < 1.29 is 14.4 Å². The zero-order valence-electron chi connectivity index (χ0n) is 16.9. The second-order valence-electron chi connectivity index (χ2n) is 7.18. The van der Waals surface area contributed by atoms with E-state index in [9.17, 15) is 14.4 Å². The van der Waals surface area contributed by atoms with E-state index in [-0.39, 0.29) is 12.3 Å². The summed E-state index contributed by atoms with van der Waals surface area (Å²) in [5, 5.41) is 5.34. The van der Waals surface area contributed by atoms with Crippen LogP contribution in [0.4, 0.5) is 16.2 Å². The van der Waals surface area contributed by atoms with Crippen LogP contribution in [0.2, 0.25) is 0 Å². The quantitative estimate of drug-likeness (QED) is 0.837. The number of carbonyl (C=O) groups excluding carboxylic acids is 3. The molecule has 7 heteroatoms. The van der Waals surface area contributed by atoms with Crippen molar-refractivity contribution in [3.05, 3.63) is 59.2 Å². The van der Waals surface area contributed by atoms with Crippen LogP contribution in [-0.2, 0) is 9.59 Å². The zero-order valence-corrected chi connectivity index (χ0v) is 16.9. The second-order valence-corrected chi connectivity index (χ2v) is 7.18. The van der Waals surface area contributed by atoms with E-state index in [1.54, 1.807) is 13.0 Å². The number of rotatable bonds is 4. The number of para-hydroxylation sites is 1. The van der Waals surface area contributed by atoms with Gasteiger partial charge in [0.2, 0.25) is 6.17 Å². The fourth-order valence-corrected chi connectivity index (χ4v) is 3.37. The minimum Gasteiger partial charge on any atom is -0.308 e. The third-order valence-corrected chi connectivity index (χ3v) is 4.64. The van der Waals surface area contributed by atoms with Crippen molar-refractivity contribution >= 4 is 34.8 Å². The number of anilines is 2. The van der Waals surface area contributed by atoms with E-state index < -0.39 is 18.1 Å². The van der Waals surface area contributed by atoms with Gasteiger partial charge in [-0.2, -0.15) is 0 Å². The summed E-state index contributed by atoms with van der Waals surface area (Å²) in [6.45, 7) is 6.93. The fourth-order valence-electron chi connectivity index (χ4n) is 3.37. The highest BCUT2D eigenvalue weighted by Crippen LogP contribution is 2.29. The van der Waals surface area contributed by atoms with E-state index in [1.807, 2.05) is 50.2 Å². The molecule has 1 atom stereocenters. The smallest absolute Gasteiger partial charge is 0.308 e. The highest BCUT2D eigenvalue weighted by Gasteiger charge is 2.33. The van der Waals surface area contributed by atoms with Crippen LogP contribution in [0.15, 0.2) is 47.5 Å². The number of nitrogens with zero attached hydrogens (tertiary/aromatic N) is 2. The summed E-state index contributed by atoms with van der Waals surface area (Å²) in [6.07, 6.45) is -1.13. The SMILES string of the molecule is CC(=O)CN1C(=O)C(NC(=O)Nc2cccc(C)c2)N=C(C)c2cccc(C)c21. The first-order valence-electron chi connectivity index (χ1n) is 9.35. The molecule has 1 aliphatic heterocycles. The van der Waals surface area contributed by atoms with Crippen molar-refractivity contribution in [3.63, 3.8) is 0 Å². The predicted molar refractivity (Wildman–Crippen MR) is 114 cm³/mol. The molecule has 0 bridgehead atoms. The third kappa shape index (κ3) is 4.51. The summed E-state index contributed by atoms with van der Waals surface area (Å²) in [5.74, 6) is -0.609. The zero-order chi connectivity index (χ0) is 21.1. The van der Waals surface area contributed by atoms with Crippen molar-refractivity contribution in [2.45, 2.75) is 33.9 Å². The van der Waals surface area contributed by atoms with E-state index in [1.165, 1.54) is 11.8 Å². The van der Waals surface area contributed by atoms with Crippen molar-refractivity contribution in [3.8, 4) is 0 Å². The number of fused-ring (bicyclic) bond motifs is 1. The van der Waals surface area contributed by atoms with Gasteiger partial charge in [0.1, 0.15) is 5.78 Å². The number of carbonyl (C=O) groups is 3. The van der Waals surface area contributed by atoms with Crippen LogP contribution in [0.5, 0.6) is 0 Å². The Morgan fingerprint density at radius 3 is 2.52 bits per heavy atom. The highest BCUT2D eigenvalue weighted by molar-refractivity contribution is 6.14. The number of benzodiazepines with no additional fused rings is 1. The molecule has 3 rings (SSSR count). The first-order chi connectivity index (χ1) is 13.8. The Morgan fingerprint density at radius 1 is 1.10 bits per heavy atom. The van der Waals surface area contributed by atoms with E-state index in [4.69, 9.17) is 0 Å². The first-order valence-corrected chi connectivity index (χ1v) is 9.35. The number of hydrogen-bond donors (Lipinski definition) is 2. The topological polar surface area (TPSA) is 90.9 Å². The number of benzene rings is 2. The number of amides is 3. The van der Waals surface area contributed by atoms with Crippen LogP contribution >= 0.6 is 0 Å². The lowest BCUT2D eigenvalue weighted by Gasteiger charge is -2.26. The Labute approximate surface area is 169 Å². The molecule has 0 aliphatic carbocycles. The third-order valence-electron chi connectivity index (χ3n) is 4.64. The van der Waals surface area contributed by atoms with Crippen molar-refractivity contribution in [1.82, 2.24) is 5.32 Å². The number of aliphatic imine (C=N–C) groups is 1. The molecule has 0 saturated carbocycles. The Balaban J connectivity index is 1.91. The summed E-state index contributed by atoms with van der Waals surface area (Å²) in [6, 6.07) is 12.4. The molecule has 29 heavy (non-hydrogen) atoms. The van der Waals surface area contributed by atoms with Crippen molar-refractivity contribution in [1.29, 1.82) is 0 Å². The van der Waals surface area contributed by atoms with Crippen LogP contribution in [-0.4, -0.2) is 36.1 Å². The standard InChI is InChI=1S/C22H24N4O3/c1-13-7-5-9-17(11-13)24-22(29)25-20-21(28)26(12-15(3)27)19-14(2)8-6-10-18(19)16(4)23-20/h5-11,20H,12H2,1-4H3,(H2,24,25,29). The van der Waals surface area contributed by atoms with E-state index >= 15 is 0 Å². The van der Waals surface area contributed by atoms with Gasteiger partial charge in [0.25, 0.3) is 5.91 Å². The van der Waals surface area contributed by atoms with Crippen molar-refractivity contribution in [2.75, 3.05) is 16.8 Å². The maximum atomic E-state index is 13.2. The van der Waals surface area contributed by atoms with E-state index in [0.717, 1.165) is 16.7 Å². The van der Waals surface area contributed by atoms with Crippen LogP contribution < -0.4 is 15.5 Å². The minimum absolute atomic E-state index is 0.0861. The molecule has 7 nitrogen and oxygen atoms in total. The molecule has 2 N–H and O–H groups in total. The van der Waals surface area contributed by atoms with Gasteiger partial charge in [0.15, 0.2) is 0 Å². The van der Waals surface area contributed by atoms with E-state index in [0.29, 0.717) is 17.1 Å². The summed E-state index contributed by atoms with van der Waals surface area (Å²) in [4.78, 5) is 43.4. The molecular formula is C22H24N4O3. The minimum atomic E-state index is -1.13.